The second kappa shape index (κ2) is 4.35. The predicted octanol–water partition coefficient (Wildman–Crippen LogP) is 1.92. The molecule has 0 saturated heterocycles. The van der Waals surface area contributed by atoms with Crippen LogP contribution in [0.5, 0.6) is 0 Å². The summed E-state index contributed by atoms with van der Waals surface area (Å²) in [6, 6.07) is 5.23. The average Bonchev–Trinajstić information content (AvgIpc) is 2.09. The summed E-state index contributed by atoms with van der Waals surface area (Å²) in [5.74, 6) is -0.198. The summed E-state index contributed by atoms with van der Waals surface area (Å²) in [4.78, 5) is 24.4. The molecule has 0 radical (unpaired) electrons. The maximum atomic E-state index is 10.8. The highest BCUT2D eigenvalue weighted by Gasteiger charge is 2.02. The maximum absolute atomic E-state index is 10.8. The predicted molar refractivity (Wildman–Crippen MR) is 53.3 cm³/mol. The molecular formula is C10H10N2O2. The van der Waals surface area contributed by atoms with Crippen LogP contribution in [0.3, 0.4) is 0 Å². The number of benzene rings is 1. The molecule has 0 aliphatic heterocycles. The van der Waals surface area contributed by atoms with Gasteiger partial charge in [-0.1, -0.05) is 6.07 Å². The monoisotopic (exact) mass is 190 g/mol. The van der Waals surface area contributed by atoms with Crippen molar-refractivity contribution >= 4 is 23.4 Å². The molecule has 1 N–H and O–H groups in total. The number of hydrogen-bond acceptors (Lipinski definition) is 3. The molecule has 1 aromatic rings. The van der Waals surface area contributed by atoms with Gasteiger partial charge in [0.2, 0.25) is 12.0 Å². The maximum Gasteiger partial charge on any atom is 0.240 e. The molecule has 72 valence electrons. The largest absolute Gasteiger partial charge is 0.324 e. The number of hydrogen-bond donors (Lipinski definition) is 1. The summed E-state index contributed by atoms with van der Waals surface area (Å²) in [5.41, 5.74) is 1.91. The smallest absolute Gasteiger partial charge is 0.240 e. The molecule has 0 aliphatic carbocycles. The van der Waals surface area contributed by atoms with E-state index in [9.17, 15) is 9.59 Å². The fourth-order valence-electron chi connectivity index (χ4n) is 1.08. The third-order valence-corrected chi connectivity index (χ3v) is 1.63. The Morgan fingerprint density at radius 3 is 2.79 bits per heavy atom. The van der Waals surface area contributed by atoms with Crippen LogP contribution in [0, 0.1) is 6.92 Å². The number of anilines is 1. The van der Waals surface area contributed by atoms with E-state index in [1.165, 1.54) is 13.0 Å². The Bertz CT molecular complexity index is 407. The summed E-state index contributed by atoms with van der Waals surface area (Å²) >= 11 is 0. The highest BCUT2D eigenvalue weighted by atomic mass is 16.1. The summed E-state index contributed by atoms with van der Waals surface area (Å²) in [5, 5.41) is 2.57. The lowest BCUT2D eigenvalue weighted by Gasteiger charge is -2.05. The molecule has 1 amide bonds. The molecular weight excluding hydrogens is 180 g/mol. The molecule has 4 nitrogen and oxygen atoms in total. The van der Waals surface area contributed by atoms with Crippen LogP contribution in [0.4, 0.5) is 11.4 Å². The molecule has 0 unspecified atom stereocenters. The van der Waals surface area contributed by atoms with Crippen molar-refractivity contribution in [3.63, 3.8) is 0 Å². The molecule has 1 aromatic carbocycles. The van der Waals surface area contributed by atoms with E-state index in [0.717, 1.165) is 5.56 Å². The van der Waals surface area contributed by atoms with Crippen LogP contribution < -0.4 is 5.32 Å². The molecule has 0 spiro atoms. The van der Waals surface area contributed by atoms with Crippen LogP contribution in [0.1, 0.15) is 12.5 Å². The summed E-state index contributed by atoms with van der Waals surface area (Å²) < 4.78 is 0. The molecule has 0 atom stereocenters. The molecule has 0 heterocycles. The zero-order valence-electron chi connectivity index (χ0n) is 8.00. The molecule has 4 heteroatoms. The van der Waals surface area contributed by atoms with E-state index in [-0.39, 0.29) is 5.91 Å². The first kappa shape index (κ1) is 10.2. The minimum atomic E-state index is -0.198. The molecule has 0 bridgehead atoms. The number of carbonyl (C=O) groups is 1. The van der Waals surface area contributed by atoms with Crippen molar-refractivity contribution in [1.82, 2.24) is 0 Å². The SMILES string of the molecule is CC(=O)Nc1ccc(C)cc1N=C=O. The number of nitrogens with zero attached hydrogens (tertiary/aromatic N) is 1. The van der Waals surface area contributed by atoms with Crippen molar-refractivity contribution in [2.24, 2.45) is 4.99 Å². The molecule has 0 aromatic heterocycles. The van der Waals surface area contributed by atoms with Gasteiger partial charge in [-0.2, -0.15) is 4.99 Å². The Morgan fingerprint density at radius 1 is 1.50 bits per heavy atom. The Labute approximate surface area is 81.7 Å². The van der Waals surface area contributed by atoms with Crippen LogP contribution >= 0.6 is 0 Å². The molecule has 0 saturated carbocycles. The minimum Gasteiger partial charge on any atom is -0.324 e. The van der Waals surface area contributed by atoms with Gasteiger partial charge in [-0.25, -0.2) is 4.79 Å². The number of rotatable bonds is 2. The molecule has 0 aliphatic rings. The van der Waals surface area contributed by atoms with Gasteiger partial charge in [0.15, 0.2) is 0 Å². The van der Waals surface area contributed by atoms with Crippen molar-refractivity contribution in [3.8, 4) is 0 Å². The Hall–Kier alpha value is -1.93. The standard InChI is InChI=1S/C10H10N2O2/c1-7-3-4-9(12-8(2)14)10(5-7)11-6-13/h3-5H,1-2H3,(H,12,14). The lowest BCUT2D eigenvalue weighted by atomic mass is 10.2. The van der Waals surface area contributed by atoms with E-state index in [0.29, 0.717) is 11.4 Å². The summed E-state index contributed by atoms with van der Waals surface area (Å²) in [7, 11) is 0. The van der Waals surface area contributed by atoms with Crippen molar-refractivity contribution in [2.75, 3.05) is 5.32 Å². The van der Waals surface area contributed by atoms with Gasteiger partial charge in [0.25, 0.3) is 0 Å². The summed E-state index contributed by atoms with van der Waals surface area (Å²) in [6.07, 6.45) is 1.45. The number of nitrogens with one attached hydrogen (secondary N) is 1. The zero-order chi connectivity index (χ0) is 10.6. The van der Waals surface area contributed by atoms with Gasteiger partial charge in [-0.05, 0) is 24.6 Å². The van der Waals surface area contributed by atoms with Crippen LogP contribution in [-0.4, -0.2) is 12.0 Å². The lowest BCUT2D eigenvalue weighted by Crippen LogP contribution is -2.05. The van der Waals surface area contributed by atoms with Gasteiger partial charge < -0.3 is 5.32 Å². The van der Waals surface area contributed by atoms with Crippen LogP contribution in [0.25, 0.3) is 0 Å². The first-order valence-electron chi connectivity index (χ1n) is 4.09. The second-order valence-corrected chi connectivity index (χ2v) is 2.90. The van der Waals surface area contributed by atoms with Gasteiger partial charge in [-0.3, -0.25) is 4.79 Å². The lowest BCUT2D eigenvalue weighted by molar-refractivity contribution is -0.114. The first-order chi connectivity index (χ1) is 6.63. The van der Waals surface area contributed by atoms with Gasteiger partial charge >= 0.3 is 0 Å². The number of aliphatic imine (C=N–C) groups is 1. The Balaban J connectivity index is 3.14. The third-order valence-electron chi connectivity index (χ3n) is 1.63. The molecule has 1 rings (SSSR count). The van der Waals surface area contributed by atoms with Crippen LogP contribution in [0.15, 0.2) is 23.2 Å². The van der Waals surface area contributed by atoms with Gasteiger partial charge in [0, 0.05) is 6.92 Å². The van der Waals surface area contributed by atoms with Crippen molar-refractivity contribution < 1.29 is 9.59 Å². The van der Waals surface area contributed by atoms with Crippen LogP contribution in [0.2, 0.25) is 0 Å². The fourth-order valence-corrected chi connectivity index (χ4v) is 1.08. The zero-order valence-corrected chi connectivity index (χ0v) is 8.00. The second-order valence-electron chi connectivity index (χ2n) is 2.90. The van der Waals surface area contributed by atoms with Gasteiger partial charge in [0.1, 0.15) is 5.69 Å². The van der Waals surface area contributed by atoms with E-state index in [1.807, 2.05) is 13.0 Å². The fraction of sp³-hybridized carbons (Fsp3) is 0.200. The first-order valence-corrected chi connectivity index (χ1v) is 4.09. The van der Waals surface area contributed by atoms with Crippen molar-refractivity contribution in [3.05, 3.63) is 23.8 Å². The van der Waals surface area contributed by atoms with Crippen molar-refractivity contribution in [1.29, 1.82) is 0 Å². The van der Waals surface area contributed by atoms with Gasteiger partial charge in [0.05, 0.1) is 5.69 Å². The molecule has 0 fully saturated rings. The van der Waals surface area contributed by atoms with E-state index in [2.05, 4.69) is 10.3 Å². The number of carbonyl (C=O) groups excluding carboxylic acids is 2. The summed E-state index contributed by atoms with van der Waals surface area (Å²) in [6.45, 7) is 3.27. The Morgan fingerprint density at radius 2 is 2.21 bits per heavy atom. The van der Waals surface area contributed by atoms with E-state index >= 15 is 0 Å². The van der Waals surface area contributed by atoms with Crippen LogP contribution in [-0.2, 0) is 9.59 Å². The minimum absolute atomic E-state index is 0.198. The average molecular weight is 190 g/mol. The number of aryl methyl sites for hydroxylation is 1. The van der Waals surface area contributed by atoms with E-state index in [4.69, 9.17) is 0 Å². The molecule has 14 heavy (non-hydrogen) atoms. The van der Waals surface area contributed by atoms with E-state index in [1.54, 1.807) is 12.1 Å². The van der Waals surface area contributed by atoms with Crippen molar-refractivity contribution in [2.45, 2.75) is 13.8 Å². The topological polar surface area (TPSA) is 58.5 Å². The normalized spacial score (nSPS) is 9.00. The number of isocyanates is 1. The quantitative estimate of drug-likeness (QED) is 0.572. The Kier molecular flexibility index (Phi) is 3.15. The number of amides is 1. The highest BCUT2D eigenvalue weighted by molar-refractivity contribution is 5.92. The van der Waals surface area contributed by atoms with E-state index < -0.39 is 0 Å². The highest BCUT2D eigenvalue weighted by Crippen LogP contribution is 2.25. The van der Waals surface area contributed by atoms with Gasteiger partial charge in [-0.15, -0.1) is 0 Å². The third kappa shape index (κ3) is 2.54.